The standard InChI is InChI=1S/C53H55N13O9S6/c1-24(2)37-51-65-40(33(81-51)19-74-9)44(71)55-18-36(68)62-41(42(69)26-13-11-10-12-14-26)50-60-32(22-78-50)48-58-30(20-77-48)39-27(15-16-28(56-39)47-61-34(23-79-47)66(8)52(73)75-53(4,5)6)46-59-31(21-76-46)43(70)57-29(17-35(67)54-7)49-64-38(25(3)80-49)45(72)63-37/h10-16,20-24,29,37,41-42,69H,17-19H2,1-9H3,(H,54,67)(H,55,71)(H,57,70)(H,62,68)(H,63,72)/t29-,37?,41-,42-/m0/s1. The second kappa shape index (κ2) is 24.8. The van der Waals surface area contributed by atoms with Gasteiger partial charge in [0, 0.05) is 53.2 Å². The number of fused-ring (bicyclic) bond motifs is 14. The van der Waals surface area contributed by atoms with Crippen LogP contribution in [-0.2, 0) is 25.7 Å². The average Bonchev–Trinajstić information content (AvgIpc) is 4.40. The number of aliphatic hydroxyl groups excluding tert-OH is 1. The normalized spacial score (nSPS) is 16.7. The van der Waals surface area contributed by atoms with E-state index in [0.29, 0.717) is 79.5 Å². The molecular weight excluding hydrogens is 1160 g/mol. The Kier molecular flexibility index (Phi) is 17.9. The number of amides is 6. The number of carbonyl (C=O) groups excluding carboxylic acids is 6. The molecule has 0 fully saturated rings. The van der Waals surface area contributed by atoms with Crippen molar-refractivity contribution < 1.29 is 43.3 Å². The number of ether oxygens (including phenoxy) is 2. The lowest BCUT2D eigenvalue weighted by atomic mass is 10.0. The quantitative estimate of drug-likeness (QED) is 0.0787. The number of benzene rings is 1. The van der Waals surface area contributed by atoms with Crippen LogP contribution in [-0.4, -0.2) is 109 Å². The molecule has 8 heterocycles. The van der Waals surface area contributed by atoms with Gasteiger partial charge in [0.2, 0.25) is 11.8 Å². The molecular formula is C53H55N13O9S6. The van der Waals surface area contributed by atoms with Gasteiger partial charge in [0.05, 0.1) is 42.2 Å². The SMILES string of the molecule is CNC(=O)C[C@@H]1NC(=O)c2csc(n2)-c2ccc(-c3nc(N(C)C(=O)OC(C)(C)C)cs3)nc2-c2csc(n2)-c2csc(n2)[C@H]([C@@H](O)c2ccccc2)NC(=O)CNC(=O)c2nc(sc2COC)C(C(C)C)NC(=O)c2nc1sc2C. The number of nitrogens with one attached hydrogen (secondary N) is 5. The highest BCUT2D eigenvalue weighted by Gasteiger charge is 2.33. The summed E-state index contributed by atoms with van der Waals surface area (Å²) < 4.78 is 11.0. The summed E-state index contributed by atoms with van der Waals surface area (Å²) in [4.78, 5) is 119. The molecule has 0 saturated heterocycles. The molecule has 0 radical (unpaired) electrons. The Labute approximate surface area is 488 Å². The predicted octanol–water partition coefficient (Wildman–Crippen LogP) is 8.68. The van der Waals surface area contributed by atoms with Gasteiger partial charge in [-0.15, -0.1) is 68.0 Å². The summed E-state index contributed by atoms with van der Waals surface area (Å²) in [6.45, 7) is 10.3. The molecule has 0 saturated carbocycles. The summed E-state index contributed by atoms with van der Waals surface area (Å²) in [6.07, 6.45) is -2.06. The topological polar surface area (TPSA) is 295 Å². The summed E-state index contributed by atoms with van der Waals surface area (Å²) in [5.41, 5.74) is 2.09. The van der Waals surface area contributed by atoms with E-state index in [0.717, 1.165) is 11.3 Å². The van der Waals surface area contributed by atoms with Crippen LogP contribution in [0.3, 0.4) is 0 Å². The minimum Gasteiger partial charge on any atom is -0.443 e. The van der Waals surface area contributed by atoms with Gasteiger partial charge in [-0.05, 0) is 51.3 Å². The number of pyridine rings is 1. The first-order valence-electron chi connectivity index (χ1n) is 25.1. The lowest BCUT2D eigenvalue weighted by Gasteiger charge is -2.23. The Morgan fingerprint density at radius 3 is 2.15 bits per heavy atom. The summed E-state index contributed by atoms with van der Waals surface area (Å²) in [7, 11) is 4.52. The summed E-state index contributed by atoms with van der Waals surface area (Å²) in [6, 6.07) is 9.58. The minimum absolute atomic E-state index is 0.00315. The van der Waals surface area contributed by atoms with Gasteiger partial charge >= 0.3 is 6.09 Å². The first-order chi connectivity index (χ1) is 38.7. The number of rotatable bonds is 9. The van der Waals surface area contributed by atoms with Crippen molar-refractivity contribution in [3.8, 4) is 43.4 Å². The first-order valence-corrected chi connectivity index (χ1v) is 30.2. The third-order valence-electron chi connectivity index (χ3n) is 12.2. The Hall–Kier alpha value is -7.31. The van der Waals surface area contributed by atoms with Crippen molar-refractivity contribution in [3.63, 3.8) is 0 Å². The van der Waals surface area contributed by atoms with Crippen LogP contribution in [0.15, 0.2) is 64.0 Å². The highest BCUT2D eigenvalue weighted by atomic mass is 32.1. The maximum absolute atomic E-state index is 14.3. The number of methoxy groups -OCH3 is 1. The zero-order valence-electron chi connectivity index (χ0n) is 45.1. The van der Waals surface area contributed by atoms with Gasteiger partial charge < -0.3 is 41.2 Å². The third kappa shape index (κ3) is 13.4. The van der Waals surface area contributed by atoms with E-state index in [1.165, 1.54) is 75.7 Å². The fraction of sp³-hybridized carbons (Fsp3) is 0.340. The molecule has 1 aromatic carbocycles. The van der Waals surface area contributed by atoms with Gasteiger partial charge in [0.1, 0.15) is 87.8 Å². The maximum atomic E-state index is 14.3. The molecule has 6 N–H and O–H groups in total. The highest BCUT2D eigenvalue weighted by molar-refractivity contribution is 7.15. The van der Waals surface area contributed by atoms with Crippen molar-refractivity contribution in [1.29, 1.82) is 0 Å². The fourth-order valence-corrected chi connectivity index (χ4v) is 13.7. The second-order valence-corrected chi connectivity index (χ2v) is 25.5. The van der Waals surface area contributed by atoms with E-state index < -0.39 is 72.0 Å². The molecule has 422 valence electrons. The van der Waals surface area contributed by atoms with Gasteiger partial charge in [-0.3, -0.25) is 28.9 Å². The van der Waals surface area contributed by atoms with E-state index in [4.69, 9.17) is 44.4 Å². The number of aryl methyl sites for hydroxylation is 1. The van der Waals surface area contributed by atoms with E-state index in [1.807, 2.05) is 13.8 Å². The molecule has 6 amide bonds. The molecule has 81 heavy (non-hydrogen) atoms. The van der Waals surface area contributed by atoms with Crippen LogP contribution in [0.1, 0.15) is 127 Å². The molecule has 1 aliphatic heterocycles. The van der Waals surface area contributed by atoms with Gasteiger partial charge in [-0.25, -0.2) is 39.7 Å². The van der Waals surface area contributed by atoms with Crippen molar-refractivity contribution >= 4 is 109 Å². The first kappa shape index (κ1) is 58.3. The van der Waals surface area contributed by atoms with Crippen LogP contribution in [0.25, 0.3) is 43.4 Å². The number of anilines is 1. The molecule has 0 aliphatic carbocycles. The number of aromatic nitrogens is 7. The monoisotopic (exact) mass is 1210 g/mol. The number of aliphatic hydroxyl groups is 1. The predicted molar refractivity (Wildman–Crippen MR) is 312 cm³/mol. The number of thiazole rings is 6. The smallest absolute Gasteiger partial charge is 0.415 e. The Bertz CT molecular complexity index is 3640. The maximum Gasteiger partial charge on any atom is 0.415 e. The van der Waals surface area contributed by atoms with E-state index in [9.17, 15) is 33.9 Å². The molecule has 0 spiro atoms. The zero-order chi connectivity index (χ0) is 57.9. The minimum atomic E-state index is -1.27. The Balaban J connectivity index is 1.13. The molecule has 10 bridgehead atoms. The molecule has 7 aromatic heterocycles. The highest BCUT2D eigenvalue weighted by Crippen LogP contribution is 2.40. The van der Waals surface area contributed by atoms with Crippen LogP contribution in [0.4, 0.5) is 10.6 Å². The molecule has 28 heteroatoms. The number of hydrogen-bond acceptors (Lipinski definition) is 22. The van der Waals surface area contributed by atoms with Crippen LogP contribution >= 0.6 is 68.0 Å². The second-order valence-electron chi connectivity index (χ2n) is 19.7. The Morgan fingerprint density at radius 1 is 0.728 bits per heavy atom. The fourth-order valence-electron chi connectivity index (χ4n) is 8.15. The molecule has 1 unspecified atom stereocenters. The van der Waals surface area contributed by atoms with E-state index >= 15 is 0 Å². The number of nitrogens with zero attached hydrogens (tertiary/aromatic N) is 8. The number of carbonyl (C=O) groups is 6. The van der Waals surface area contributed by atoms with E-state index in [1.54, 1.807) is 98.7 Å². The lowest BCUT2D eigenvalue weighted by Crippen LogP contribution is -2.40. The van der Waals surface area contributed by atoms with E-state index in [2.05, 4.69) is 26.6 Å². The molecule has 4 atom stereocenters. The molecule has 9 rings (SSSR count). The van der Waals surface area contributed by atoms with Crippen molar-refractivity contribution in [3.05, 3.63) is 111 Å². The lowest BCUT2D eigenvalue weighted by molar-refractivity contribution is -0.122. The molecule has 22 nitrogen and oxygen atoms in total. The van der Waals surface area contributed by atoms with Gasteiger partial charge in [-0.1, -0.05) is 44.2 Å². The van der Waals surface area contributed by atoms with E-state index in [-0.39, 0.29) is 36.0 Å². The average molecular weight is 1210 g/mol. The number of hydrogen-bond donors (Lipinski definition) is 6. The summed E-state index contributed by atoms with van der Waals surface area (Å²) >= 11 is 7.25. The van der Waals surface area contributed by atoms with Crippen molar-refractivity contribution in [2.24, 2.45) is 5.92 Å². The van der Waals surface area contributed by atoms with Gasteiger partial charge in [-0.2, -0.15) is 0 Å². The van der Waals surface area contributed by atoms with Gasteiger partial charge in [0.15, 0.2) is 0 Å². The summed E-state index contributed by atoms with van der Waals surface area (Å²) in [5.74, 6) is -2.74. The third-order valence-corrected chi connectivity index (χ3v) is 18.0. The van der Waals surface area contributed by atoms with Crippen LogP contribution in [0.2, 0.25) is 0 Å². The van der Waals surface area contributed by atoms with Crippen molar-refractivity contribution in [2.75, 3.05) is 32.6 Å². The largest absolute Gasteiger partial charge is 0.443 e. The van der Waals surface area contributed by atoms with Crippen LogP contribution in [0, 0.1) is 12.8 Å². The summed E-state index contributed by atoms with van der Waals surface area (Å²) in [5, 5.41) is 35.3. The molecule has 1 aliphatic rings. The van der Waals surface area contributed by atoms with Crippen LogP contribution < -0.4 is 31.5 Å². The Morgan fingerprint density at radius 2 is 1.42 bits per heavy atom. The van der Waals surface area contributed by atoms with Crippen molar-refractivity contribution in [2.45, 2.75) is 84.4 Å². The zero-order valence-corrected chi connectivity index (χ0v) is 50.0. The molecule has 8 aromatic rings. The van der Waals surface area contributed by atoms with Crippen molar-refractivity contribution in [1.82, 2.24) is 61.5 Å². The van der Waals surface area contributed by atoms with Gasteiger partial charge in [0.25, 0.3) is 17.7 Å². The van der Waals surface area contributed by atoms with Crippen LogP contribution in [0.5, 0.6) is 0 Å².